The van der Waals surface area contributed by atoms with Crippen molar-refractivity contribution >= 4 is 5.69 Å². The number of rotatable bonds is 5. The van der Waals surface area contributed by atoms with Crippen LogP contribution in [0.25, 0.3) is 0 Å². The van der Waals surface area contributed by atoms with Crippen molar-refractivity contribution in [2.45, 2.75) is 39.4 Å². The van der Waals surface area contributed by atoms with Crippen molar-refractivity contribution in [2.24, 2.45) is 5.92 Å². The van der Waals surface area contributed by atoms with Crippen LogP contribution in [0.4, 0.5) is 5.69 Å². The highest BCUT2D eigenvalue weighted by Crippen LogP contribution is 2.26. The molecule has 0 spiro atoms. The predicted molar refractivity (Wildman–Crippen MR) is 85.1 cm³/mol. The average Bonchev–Trinajstić information content (AvgIpc) is 2.79. The fraction of sp³-hybridized carbons (Fsp3) is 0.688. The molecule has 0 aromatic carbocycles. The van der Waals surface area contributed by atoms with Gasteiger partial charge < -0.3 is 15.1 Å². The number of hydrogen-bond donors (Lipinski definition) is 1. The number of pyridine rings is 1. The number of anilines is 1. The molecule has 0 saturated carbocycles. The van der Waals surface area contributed by atoms with Gasteiger partial charge in [0.15, 0.2) is 0 Å². The van der Waals surface area contributed by atoms with E-state index in [0.717, 1.165) is 25.3 Å². The second-order valence-electron chi connectivity index (χ2n) is 6.45. The normalized spacial score (nSPS) is 23.1. The van der Waals surface area contributed by atoms with Crippen molar-refractivity contribution in [3.8, 4) is 0 Å². The number of nitrogens with zero attached hydrogens (tertiary/aromatic N) is 3. The van der Waals surface area contributed by atoms with Crippen LogP contribution in [0.3, 0.4) is 0 Å². The van der Waals surface area contributed by atoms with Crippen molar-refractivity contribution in [3.05, 3.63) is 24.0 Å². The van der Waals surface area contributed by atoms with E-state index < -0.39 is 0 Å². The standard InChI is InChI=1S/C16H28N4/c1-12(2)18-9-14-8-15(6-7-17-14)20-10-13(3)16(11-20)19(4)5/h6-8,12-13,16,18H,9-11H2,1-5H3. The summed E-state index contributed by atoms with van der Waals surface area (Å²) < 4.78 is 0. The average molecular weight is 276 g/mol. The zero-order chi connectivity index (χ0) is 14.7. The number of hydrogen-bond acceptors (Lipinski definition) is 4. The van der Waals surface area contributed by atoms with Gasteiger partial charge in [0.05, 0.1) is 5.69 Å². The Bertz CT molecular complexity index is 430. The SMILES string of the molecule is CC(C)NCc1cc(N2CC(C)C(N(C)C)C2)ccn1. The minimum absolute atomic E-state index is 0.491. The molecule has 1 aliphatic rings. The quantitative estimate of drug-likeness (QED) is 0.891. The highest BCUT2D eigenvalue weighted by atomic mass is 15.2. The van der Waals surface area contributed by atoms with Gasteiger partial charge in [-0.3, -0.25) is 4.98 Å². The van der Waals surface area contributed by atoms with Gasteiger partial charge in [0.25, 0.3) is 0 Å². The molecule has 1 aliphatic heterocycles. The lowest BCUT2D eigenvalue weighted by Crippen LogP contribution is -2.34. The molecular formula is C16H28N4. The number of aromatic nitrogens is 1. The lowest BCUT2D eigenvalue weighted by molar-refractivity contribution is 0.266. The molecule has 0 radical (unpaired) electrons. The van der Waals surface area contributed by atoms with Crippen molar-refractivity contribution in [3.63, 3.8) is 0 Å². The molecule has 1 N–H and O–H groups in total. The summed E-state index contributed by atoms with van der Waals surface area (Å²) in [6, 6.07) is 5.48. The summed E-state index contributed by atoms with van der Waals surface area (Å²) in [6.07, 6.45) is 1.93. The molecule has 1 saturated heterocycles. The van der Waals surface area contributed by atoms with Gasteiger partial charge in [-0.05, 0) is 32.1 Å². The summed E-state index contributed by atoms with van der Waals surface area (Å²) in [7, 11) is 4.35. The minimum atomic E-state index is 0.491. The lowest BCUT2D eigenvalue weighted by atomic mass is 10.1. The molecule has 2 heterocycles. The molecule has 4 nitrogen and oxygen atoms in total. The Morgan fingerprint density at radius 1 is 1.40 bits per heavy atom. The number of likely N-dealkylation sites (N-methyl/N-ethyl adjacent to an activating group) is 1. The van der Waals surface area contributed by atoms with Gasteiger partial charge in [-0.25, -0.2) is 0 Å². The Kier molecular flexibility index (Phi) is 5.00. The molecule has 2 rings (SSSR count). The highest BCUT2D eigenvalue weighted by molar-refractivity contribution is 5.48. The van der Waals surface area contributed by atoms with Crippen molar-refractivity contribution < 1.29 is 0 Å². The van der Waals surface area contributed by atoms with Crippen molar-refractivity contribution in [1.29, 1.82) is 0 Å². The van der Waals surface area contributed by atoms with Gasteiger partial charge in [0.1, 0.15) is 0 Å². The fourth-order valence-electron chi connectivity index (χ4n) is 2.90. The molecule has 0 amide bonds. The summed E-state index contributed by atoms with van der Waals surface area (Å²) in [5, 5.41) is 3.43. The molecule has 1 aromatic heterocycles. The van der Waals surface area contributed by atoms with Gasteiger partial charge in [0.2, 0.25) is 0 Å². The van der Waals surface area contributed by atoms with E-state index in [1.165, 1.54) is 5.69 Å². The molecule has 1 fully saturated rings. The van der Waals surface area contributed by atoms with E-state index in [1.807, 2.05) is 6.20 Å². The Labute approximate surface area is 123 Å². The summed E-state index contributed by atoms with van der Waals surface area (Å²) in [5.41, 5.74) is 2.42. The van der Waals surface area contributed by atoms with Crippen LogP contribution in [-0.4, -0.2) is 49.2 Å². The van der Waals surface area contributed by atoms with E-state index in [9.17, 15) is 0 Å². The maximum absolute atomic E-state index is 4.46. The van der Waals surface area contributed by atoms with Crippen LogP contribution >= 0.6 is 0 Å². The van der Waals surface area contributed by atoms with Gasteiger partial charge in [0, 0.05) is 43.6 Å². The molecule has 112 valence electrons. The molecule has 2 atom stereocenters. The van der Waals surface area contributed by atoms with E-state index in [4.69, 9.17) is 0 Å². The van der Waals surface area contributed by atoms with Crippen molar-refractivity contribution in [2.75, 3.05) is 32.1 Å². The van der Waals surface area contributed by atoms with Crippen molar-refractivity contribution in [1.82, 2.24) is 15.2 Å². The maximum atomic E-state index is 4.46. The van der Waals surface area contributed by atoms with Gasteiger partial charge in [-0.1, -0.05) is 20.8 Å². The molecule has 20 heavy (non-hydrogen) atoms. The summed E-state index contributed by atoms with van der Waals surface area (Å²) in [5.74, 6) is 0.704. The van der Waals surface area contributed by atoms with E-state index in [2.05, 4.69) is 67.1 Å². The second kappa shape index (κ2) is 6.55. The third kappa shape index (κ3) is 3.70. The molecule has 0 aliphatic carbocycles. The summed E-state index contributed by atoms with van der Waals surface area (Å²) in [6.45, 7) is 9.74. The maximum Gasteiger partial charge on any atom is 0.0562 e. The smallest absolute Gasteiger partial charge is 0.0562 e. The molecule has 0 bridgehead atoms. The highest BCUT2D eigenvalue weighted by Gasteiger charge is 2.31. The third-order valence-electron chi connectivity index (χ3n) is 4.09. The Morgan fingerprint density at radius 3 is 2.75 bits per heavy atom. The van der Waals surface area contributed by atoms with E-state index in [0.29, 0.717) is 18.0 Å². The first kappa shape index (κ1) is 15.3. The van der Waals surface area contributed by atoms with Gasteiger partial charge in [-0.15, -0.1) is 0 Å². The van der Waals surface area contributed by atoms with Crippen LogP contribution in [0.2, 0.25) is 0 Å². The summed E-state index contributed by atoms with van der Waals surface area (Å²) >= 11 is 0. The van der Waals surface area contributed by atoms with E-state index >= 15 is 0 Å². The minimum Gasteiger partial charge on any atom is -0.370 e. The first-order chi connectivity index (χ1) is 9.47. The van der Waals surface area contributed by atoms with E-state index in [1.54, 1.807) is 0 Å². The fourth-order valence-corrected chi connectivity index (χ4v) is 2.90. The van der Waals surface area contributed by atoms with Crippen LogP contribution in [-0.2, 0) is 6.54 Å². The predicted octanol–water partition coefficient (Wildman–Crippen LogP) is 1.97. The lowest BCUT2D eigenvalue weighted by Gasteiger charge is -2.23. The Hall–Kier alpha value is -1.13. The molecule has 1 aromatic rings. The second-order valence-corrected chi connectivity index (χ2v) is 6.45. The Balaban J connectivity index is 2.04. The van der Waals surface area contributed by atoms with Gasteiger partial charge >= 0.3 is 0 Å². The zero-order valence-electron chi connectivity index (χ0n) is 13.4. The first-order valence-electron chi connectivity index (χ1n) is 7.57. The van der Waals surface area contributed by atoms with E-state index in [-0.39, 0.29) is 0 Å². The summed E-state index contributed by atoms with van der Waals surface area (Å²) in [4.78, 5) is 9.28. The van der Waals surface area contributed by atoms with Crippen LogP contribution < -0.4 is 10.2 Å². The first-order valence-corrected chi connectivity index (χ1v) is 7.57. The zero-order valence-corrected chi connectivity index (χ0v) is 13.4. The monoisotopic (exact) mass is 276 g/mol. The molecular weight excluding hydrogens is 248 g/mol. The van der Waals surface area contributed by atoms with Gasteiger partial charge in [-0.2, -0.15) is 0 Å². The molecule has 4 heteroatoms. The van der Waals surface area contributed by atoms with Crippen LogP contribution in [0.5, 0.6) is 0 Å². The van der Waals surface area contributed by atoms with Crippen LogP contribution in [0.15, 0.2) is 18.3 Å². The Morgan fingerprint density at radius 2 is 2.15 bits per heavy atom. The molecule has 2 unspecified atom stereocenters. The van der Waals surface area contributed by atoms with Crippen LogP contribution in [0.1, 0.15) is 26.5 Å². The topological polar surface area (TPSA) is 31.4 Å². The largest absolute Gasteiger partial charge is 0.370 e. The van der Waals surface area contributed by atoms with Crippen LogP contribution in [0, 0.1) is 5.92 Å². The third-order valence-corrected chi connectivity index (χ3v) is 4.09. The number of nitrogens with one attached hydrogen (secondary N) is 1.